The van der Waals surface area contributed by atoms with Crippen molar-refractivity contribution >= 4 is 33.5 Å². The number of fused-ring (bicyclic) bond motifs is 2. The molecule has 2 aromatic heterocycles. The molecule has 158 valence electrons. The largest absolute Gasteiger partial charge is 0.343 e. The molecule has 0 radical (unpaired) electrons. The van der Waals surface area contributed by atoms with Crippen LogP contribution in [0.4, 0.5) is 0 Å². The first-order valence-electron chi connectivity index (χ1n) is 10.8. The van der Waals surface area contributed by atoms with Gasteiger partial charge in [-0.3, -0.25) is 9.97 Å². The lowest BCUT2D eigenvalue weighted by molar-refractivity contribution is 0.837. The van der Waals surface area contributed by atoms with E-state index in [1.807, 2.05) is 45.9 Å². The molecular formula is C27H28ClN3. The first-order chi connectivity index (χ1) is 15.3. The van der Waals surface area contributed by atoms with Crippen LogP contribution in [0.25, 0.3) is 33.1 Å². The number of hydrogen-bond acceptors (Lipinski definition) is 2. The Morgan fingerprint density at radius 2 is 1.55 bits per heavy atom. The van der Waals surface area contributed by atoms with Crippen LogP contribution in [0.15, 0.2) is 85.3 Å². The molecule has 0 aliphatic heterocycles. The average Bonchev–Trinajstić information content (AvgIpc) is 3.23. The van der Waals surface area contributed by atoms with Crippen LogP contribution < -0.4 is 0 Å². The van der Waals surface area contributed by atoms with Gasteiger partial charge in [0.05, 0.1) is 11.0 Å². The van der Waals surface area contributed by atoms with Gasteiger partial charge < -0.3 is 4.57 Å². The van der Waals surface area contributed by atoms with Gasteiger partial charge in [0, 0.05) is 41.2 Å². The molecule has 0 bridgehead atoms. The maximum absolute atomic E-state index is 6.34. The number of aromatic nitrogens is 3. The monoisotopic (exact) mass is 429 g/mol. The summed E-state index contributed by atoms with van der Waals surface area (Å²) >= 11 is 6.34. The summed E-state index contributed by atoms with van der Waals surface area (Å²) in [4.78, 5) is 8.93. The van der Waals surface area contributed by atoms with Gasteiger partial charge in [0.2, 0.25) is 0 Å². The maximum atomic E-state index is 6.34. The summed E-state index contributed by atoms with van der Waals surface area (Å²) in [7, 11) is 0. The van der Waals surface area contributed by atoms with Crippen LogP contribution in [-0.2, 0) is 6.54 Å². The van der Waals surface area contributed by atoms with Crippen LogP contribution in [0.3, 0.4) is 0 Å². The van der Waals surface area contributed by atoms with E-state index in [2.05, 4.69) is 69.3 Å². The first-order valence-corrected chi connectivity index (χ1v) is 11.2. The van der Waals surface area contributed by atoms with Crippen LogP contribution in [0.1, 0.15) is 33.3 Å². The highest BCUT2D eigenvalue weighted by Crippen LogP contribution is 2.32. The molecule has 0 saturated heterocycles. The Morgan fingerprint density at radius 3 is 2.32 bits per heavy atom. The SMILES string of the molecule is CC.CC.Clc1cc(-c2ccc3ccn(Cc4ccccc4)c3c2)c2nccnc2c1. The molecule has 4 heteroatoms. The minimum absolute atomic E-state index is 0.665. The van der Waals surface area contributed by atoms with Crippen molar-refractivity contribution in [2.45, 2.75) is 34.2 Å². The molecule has 0 N–H and O–H groups in total. The van der Waals surface area contributed by atoms with Crippen LogP contribution in [0.5, 0.6) is 0 Å². The van der Waals surface area contributed by atoms with Crippen molar-refractivity contribution in [3.05, 3.63) is 95.9 Å². The van der Waals surface area contributed by atoms with Gasteiger partial charge in [-0.15, -0.1) is 0 Å². The summed E-state index contributed by atoms with van der Waals surface area (Å²) in [5.41, 5.74) is 6.22. The second kappa shape index (κ2) is 10.7. The van der Waals surface area contributed by atoms with E-state index in [1.54, 1.807) is 12.4 Å². The molecule has 5 rings (SSSR count). The van der Waals surface area contributed by atoms with Crippen molar-refractivity contribution in [2.75, 3.05) is 0 Å². The van der Waals surface area contributed by atoms with E-state index >= 15 is 0 Å². The summed E-state index contributed by atoms with van der Waals surface area (Å²) in [6.07, 6.45) is 5.55. The van der Waals surface area contributed by atoms with Crippen molar-refractivity contribution in [3.8, 4) is 11.1 Å². The third-order valence-corrected chi connectivity index (χ3v) is 5.04. The van der Waals surface area contributed by atoms with Gasteiger partial charge >= 0.3 is 0 Å². The Kier molecular flexibility index (Phi) is 7.80. The number of halogens is 1. The second-order valence-corrected chi connectivity index (χ2v) is 7.02. The molecule has 31 heavy (non-hydrogen) atoms. The Hall–Kier alpha value is -3.17. The van der Waals surface area contributed by atoms with Gasteiger partial charge in [-0.25, -0.2) is 0 Å². The molecule has 0 amide bonds. The Balaban J connectivity index is 0.000000645. The molecule has 0 spiro atoms. The molecule has 0 aliphatic rings. The summed E-state index contributed by atoms with van der Waals surface area (Å²) in [6, 6.07) is 22.9. The second-order valence-electron chi connectivity index (χ2n) is 6.58. The zero-order chi connectivity index (χ0) is 22.2. The predicted molar refractivity (Wildman–Crippen MR) is 134 cm³/mol. The maximum Gasteiger partial charge on any atom is 0.0966 e. The minimum atomic E-state index is 0.665. The van der Waals surface area contributed by atoms with E-state index in [0.717, 1.165) is 28.7 Å². The van der Waals surface area contributed by atoms with Gasteiger partial charge in [-0.2, -0.15) is 0 Å². The Labute approximate surface area is 189 Å². The van der Waals surface area contributed by atoms with Gasteiger partial charge in [0.1, 0.15) is 0 Å². The third kappa shape index (κ3) is 4.95. The zero-order valence-electron chi connectivity index (χ0n) is 18.5. The third-order valence-electron chi connectivity index (χ3n) is 4.82. The smallest absolute Gasteiger partial charge is 0.0966 e. The molecule has 0 aliphatic carbocycles. The number of nitrogens with zero attached hydrogens (tertiary/aromatic N) is 3. The van der Waals surface area contributed by atoms with Crippen LogP contribution in [-0.4, -0.2) is 14.5 Å². The molecule has 0 atom stereocenters. The fourth-order valence-corrected chi connectivity index (χ4v) is 3.74. The highest BCUT2D eigenvalue weighted by Gasteiger charge is 2.10. The van der Waals surface area contributed by atoms with Crippen molar-refractivity contribution in [1.82, 2.24) is 14.5 Å². The first kappa shape index (κ1) is 22.5. The highest BCUT2D eigenvalue weighted by atomic mass is 35.5. The van der Waals surface area contributed by atoms with Gasteiger partial charge in [0.15, 0.2) is 0 Å². The zero-order valence-corrected chi connectivity index (χ0v) is 19.3. The lowest BCUT2D eigenvalue weighted by Crippen LogP contribution is -1.97. The van der Waals surface area contributed by atoms with E-state index in [-0.39, 0.29) is 0 Å². The summed E-state index contributed by atoms with van der Waals surface area (Å²) in [6.45, 7) is 8.84. The summed E-state index contributed by atoms with van der Waals surface area (Å²) < 4.78 is 2.27. The van der Waals surface area contributed by atoms with Crippen molar-refractivity contribution in [3.63, 3.8) is 0 Å². The van der Waals surface area contributed by atoms with Crippen molar-refractivity contribution in [1.29, 1.82) is 0 Å². The molecule has 3 aromatic carbocycles. The molecule has 3 nitrogen and oxygen atoms in total. The summed E-state index contributed by atoms with van der Waals surface area (Å²) in [5, 5.41) is 1.88. The lowest BCUT2D eigenvalue weighted by Gasteiger charge is -2.09. The van der Waals surface area contributed by atoms with E-state index in [0.29, 0.717) is 5.02 Å². The van der Waals surface area contributed by atoms with Crippen LogP contribution in [0, 0.1) is 0 Å². The van der Waals surface area contributed by atoms with E-state index in [9.17, 15) is 0 Å². The molecule has 0 unspecified atom stereocenters. The van der Waals surface area contributed by atoms with Crippen LogP contribution in [0.2, 0.25) is 5.02 Å². The fraction of sp³-hybridized carbons (Fsp3) is 0.185. The molecule has 0 fully saturated rings. The van der Waals surface area contributed by atoms with Crippen molar-refractivity contribution in [2.24, 2.45) is 0 Å². The average molecular weight is 430 g/mol. The molecule has 5 aromatic rings. The standard InChI is InChI=1S/C23H16ClN3.2C2H6/c24-19-13-20(23-21(14-19)25-9-10-26-23)18-7-6-17-8-11-27(22(17)12-18)15-16-4-2-1-3-5-16;2*1-2/h1-14H,15H2;2*1-2H3. The summed E-state index contributed by atoms with van der Waals surface area (Å²) in [5.74, 6) is 0. The lowest BCUT2D eigenvalue weighted by atomic mass is 10.0. The van der Waals surface area contributed by atoms with E-state index in [1.165, 1.54) is 16.5 Å². The Bertz CT molecular complexity index is 1260. The quantitative estimate of drug-likeness (QED) is 0.290. The topological polar surface area (TPSA) is 30.7 Å². The predicted octanol–water partition coefficient (Wildman–Crippen LogP) is 8.01. The van der Waals surface area contributed by atoms with E-state index in [4.69, 9.17) is 11.6 Å². The highest BCUT2D eigenvalue weighted by molar-refractivity contribution is 6.31. The van der Waals surface area contributed by atoms with Gasteiger partial charge in [-0.05, 0) is 40.8 Å². The fourth-order valence-electron chi connectivity index (χ4n) is 3.53. The van der Waals surface area contributed by atoms with Gasteiger partial charge in [0.25, 0.3) is 0 Å². The van der Waals surface area contributed by atoms with Gasteiger partial charge in [-0.1, -0.05) is 81.8 Å². The molecular weight excluding hydrogens is 402 g/mol. The van der Waals surface area contributed by atoms with Crippen molar-refractivity contribution < 1.29 is 0 Å². The normalized spacial score (nSPS) is 10.2. The Morgan fingerprint density at radius 1 is 0.806 bits per heavy atom. The number of rotatable bonds is 3. The molecule has 0 saturated carbocycles. The molecule has 2 heterocycles. The van der Waals surface area contributed by atoms with Crippen LogP contribution >= 0.6 is 11.6 Å². The minimum Gasteiger partial charge on any atom is -0.343 e. The number of hydrogen-bond donors (Lipinski definition) is 0. The van der Waals surface area contributed by atoms with E-state index < -0.39 is 0 Å². The number of benzene rings is 3.